The summed E-state index contributed by atoms with van der Waals surface area (Å²) in [4.78, 5) is 39.6. The minimum absolute atomic E-state index is 0.00874. The lowest BCUT2D eigenvalue weighted by atomic mass is 10.1. The van der Waals surface area contributed by atoms with E-state index in [0.717, 1.165) is 4.47 Å². The highest BCUT2D eigenvalue weighted by Crippen LogP contribution is 2.16. The van der Waals surface area contributed by atoms with Crippen molar-refractivity contribution >= 4 is 33.4 Å². The van der Waals surface area contributed by atoms with Crippen LogP contribution in [-0.4, -0.2) is 33.4 Å². The molecule has 0 fully saturated rings. The fourth-order valence-corrected chi connectivity index (χ4v) is 3.36. The molecule has 0 aliphatic rings. The third-order valence-electron chi connectivity index (χ3n) is 4.11. The zero-order chi connectivity index (χ0) is 20.3. The van der Waals surface area contributed by atoms with Crippen molar-refractivity contribution in [2.24, 2.45) is 7.05 Å². The van der Waals surface area contributed by atoms with E-state index in [1.165, 1.54) is 16.8 Å². The van der Waals surface area contributed by atoms with Crippen LogP contribution >= 0.6 is 15.9 Å². The van der Waals surface area contributed by atoms with Crippen molar-refractivity contribution in [3.05, 3.63) is 62.5 Å². The first-order chi connectivity index (χ1) is 12.6. The third-order valence-corrected chi connectivity index (χ3v) is 4.61. The molecule has 0 aliphatic carbocycles. The molecule has 0 bridgehead atoms. The number of hydrogen-bond donors (Lipinski definition) is 1. The summed E-state index contributed by atoms with van der Waals surface area (Å²) in [5, 5.41) is 2.62. The summed E-state index contributed by atoms with van der Waals surface area (Å²) in [5.74, 6) is -0.601. The van der Waals surface area contributed by atoms with Crippen LogP contribution in [0.3, 0.4) is 0 Å². The van der Waals surface area contributed by atoms with Crippen molar-refractivity contribution in [2.75, 3.05) is 5.32 Å². The normalized spacial score (nSPS) is 11.0. The number of amides is 2. The largest absolute Gasteiger partial charge is 0.334 e. The number of aryl methyl sites for hydroxylation is 1. The van der Waals surface area contributed by atoms with Gasteiger partial charge in [-0.2, -0.15) is 0 Å². The Bertz CT molecular complexity index is 911. The fourth-order valence-electron chi connectivity index (χ4n) is 2.96. The molecule has 6 nitrogen and oxygen atoms in total. The summed E-state index contributed by atoms with van der Waals surface area (Å²) < 4.78 is 2.07. The molecule has 0 saturated heterocycles. The zero-order valence-corrected chi connectivity index (χ0v) is 17.7. The minimum atomic E-state index is -0.414. The van der Waals surface area contributed by atoms with Crippen LogP contribution < -0.4 is 10.9 Å². The van der Waals surface area contributed by atoms with E-state index in [1.54, 1.807) is 30.1 Å². The molecule has 1 N–H and O–H groups in total. The first-order valence-corrected chi connectivity index (χ1v) is 9.51. The second-order valence-corrected chi connectivity index (χ2v) is 7.84. The van der Waals surface area contributed by atoms with E-state index in [9.17, 15) is 14.4 Å². The van der Waals surface area contributed by atoms with Gasteiger partial charge in [0.25, 0.3) is 17.4 Å². The Labute approximate surface area is 167 Å². The maximum absolute atomic E-state index is 12.9. The molecule has 0 spiro atoms. The van der Waals surface area contributed by atoms with E-state index < -0.39 is 5.91 Å². The van der Waals surface area contributed by atoms with Crippen molar-refractivity contribution < 1.29 is 9.59 Å². The molecule has 0 aliphatic heterocycles. The van der Waals surface area contributed by atoms with Gasteiger partial charge in [-0.15, -0.1) is 0 Å². The van der Waals surface area contributed by atoms with Crippen LogP contribution in [-0.2, 0) is 7.05 Å². The number of anilines is 1. The first-order valence-electron chi connectivity index (χ1n) is 8.72. The molecule has 27 heavy (non-hydrogen) atoms. The average Bonchev–Trinajstić information content (AvgIpc) is 2.57. The number of pyridine rings is 1. The molecular formula is C20H24BrN3O3. The van der Waals surface area contributed by atoms with Crippen molar-refractivity contribution in [1.82, 2.24) is 9.47 Å². The molecule has 0 saturated carbocycles. The number of rotatable bonds is 5. The molecule has 144 valence electrons. The lowest BCUT2D eigenvalue weighted by Gasteiger charge is -2.31. The van der Waals surface area contributed by atoms with Crippen molar-refractivity contribution in [3.63, 3.8) is 0 Å². The SMILES string of the molecule is CC(C)N(C(=O)c1cc(NC(=O)c2cccc(Br)c2)c(=O)n(C)c1)C(C)C. The summed E-state index contributed by atoms with van der Waals surface area (Å²) >= 11 is 3.32. The van der Waals surface area contributed by atoms with Gasteiger partial charge in [0.15, 0.2) is 0 Å². The molecular weight excluding hydrogens is 410 g/mol. The molecule has 7 heteroatoms. The molecule has 2 amide bonds. The molecule has 0 atom stereocenters. The second-order valence-electron chi connectivity index (χ2n) is 6.92. The Morgan fingerprint density at radius 3 is 2.26 bits per heavy atom. The standard InChI is InChI=1S/C20H24BrN3O3/c1-12(2)24(13(3)4)19(26)15-10-17(20(27)23(5)11-15)22-18(25)14-7-6-8-16(21)9-14/h6-13H,1-5H3,(H,22,25). The Kier molecular flexibility index (Phi) is 6.59. The van der Waals surface area contributed by atoms with Crippen LogP contribution in [0.25, 0.3) is 0 Å². The van der Waals surface area contributed by atoms with Crippen LogP contribution in [0.15, 0.2) is 45.8 Å². The van der Waals surface area contributed by atoms with Crippen LogP contribution in [0.4, 0.5) is 5.69 Å². The number of hydrogen-bond acceptors (Lipinski definition) is 3. The van der Waals surface area contributed by atoms with Gasteiger partial charge in [0.05, 0.1) is 5.56 Å². The van der Waals surface area contributed by atoms with E-state index in [1.807, 2.05) is 33.8 Å². The Morgan fingerprint density at radius 1 is 1.07 bits per heavy atom. The molecule has 1 aromatic heterocycles. The summed E-state index contributed by atoms with van der Waals surface area (Å²) in [6, 6.07) is 8.32. The smallest absolute Gasteiger partial charge is 0.274 e. The highest BCUT2D eigenvalue weighted by molar-refractivity contribution is 9.10. The Balaban J connectivity index is 2.40. The van der Waals surface area contributed by atoms with E-state index in [0.29, 0.717) is 11.1 Å². The molecule has 1 heterocycles. The van der Waals surface area contributed by atoms with Gasteiger partial charge in [0.1, 0.15) is 5.69 Å². The number of nitrogens with zero attached hydrogens (tertiary/aromatic N) is 2. The molecule has 0 radical (unpaired) electrons. The number of aromatic nitrogens is 1. The summed E-state index contributed by atoms with van der Waals surface area (Å²) in [6.45, 7) is 7.76. The van der Waals surface area contributed by atoms with Crippen LogP contribution in [0.2, 0.25) is 0 Å². The number of benzene rings is 1. The highest BCUT2D eigenvalue weighted by atomic mass is 79.9. The lowest BCUT2D eigenvalue weighted by molar-refractivity contribution is 0.0642. The number of nitrogens with one attached hydrogen (secondary N) is 1. The zero-order valence-electron chi connectivity index (χ0n) is 16.1. The Morgan fingerprint density at radius 2 is 1.70 bits per heavy atom. The van der Waals surface area contributed by atoms with E-state index in [4.69, 9.17) is 0 Å². The maximum Gasteiger partial charge on any atom is 0.274 e. The average molecular weight is 434 g/mol. The molecule has 2 aromatic rings. The predicted octanol–water partition coefficient (Wildman–Crippen LogP) is 3.66. The maximum atomic E-state index is 12.9. The summed E-state index contributed by atoms with van der Waals surface area (Å²) in [5.41, 5.74) is 0.453. The van der Waals surface area contributed by atoms with Gasteiger partial charge in [-0.25, -0.2) is 0 Å². The van der Waals surface area contributed by atoms with Gasteiger partial charge in [0, 0.05) is 35.4 Å². The van der Waals surface area contributed by atoms with Crippen molar-refractivity contribution in [3.8, 4) is 0 Å². The van der Waals surface area contributed by atoms with E-state index in [-0.39, 0.29) is 29.2 Å². The third kappa shape index (κ3) is 4.86. The topological polar surface area (TPSA) is 71.4 Å². The summed E-state index contributed by atoms with van der Waals surface area (Å²) in [6.07, 6.45) is 1.50. The second kappa shape index (κ2) is 8.52. The van der Waals surface area contributed by atoms with Gasteiger partial charge in [-0.3, -0.25) is 14.4 Å². The van der Waals surface area contributed by atoms with Gasteiger partial charge in [-0.05, 0) is 52.0 Å². The molecule has 0 unspecified atom stereocenters. The van der Waals surface area contributed by atoms with Crippen LogP contribution in [0, 0.1) is 0 Å². The lowest BCUT2D eigenvalue weighted by Crippen LogP contribution is -2.42. The quantitative estimate of drug-likeness (QED) is 0.781. The van der Waals surface area contributed by atoms with Gasteiger partial charge in [0.2, 0.25) is 0 Å². The van der Waals surface area contributed by atoms with Crippen molar-refractivity contribution in [2.45, 2.75) is 39.8 Å². The van der Waals surface area contributed by atoms with E-state index >= 15 is 0 Å². The first kappa shape index (κ1) is 20.9. The monoisotopic (exact) mass is 433 g/mol. The highest BCUT2D eigenvalue weighted by Gasteiger charge is 2.23. The van der Waals surface area contributed by atoms with E-state index in [2.05, 4.69) is 21.2 Å². The fraction of sp³-hybridized carbons (Fsp3) is 0.350. The van der Waals surface area contributed by atoms with Crippen LogP contribution in [0.1, 0.15) is 48.4 Å². The molecule has 2 rings (SSSR count). The number of carbonyl (C=O) groups excluding carboxylic acids is 2. The number of carbonyl (C=O) groups is 2. The molecule has 1 aromatic carbocycles. The Hall–Kier alpha value is -2.41. The van der Waals surface area contributed by atoms with Crippen molar-refractivity contribution in [1.29, 1.82) is 0 Å². The predicted molar refractivity (Wildman–Crippen MR) is 110 cm³/mol. The van der Waals surface area contributed by atoms with Gasteiger partial charge in [-0.1, -0.05) is 22.0 Å². The van der Waals surface area contributed by atoms with Gasteiger partial charge < -0.3 is 14.8 Å². The number of halogens is 1. The minimum Gasteiger partial charge on any atom is -0.334 e. The summed E-state index contributed by atoms with van der Waals surface area (Å²) in [7, 11) is 1.56. The van der Waals surface area contributed by atoms with Gasteiger partial charge >= 0.3 is 0 Å². The van der Waals surface area contributed by atoms with Crippen LogP contribution in [0.5, 0.6) is 0 Å².